The zero-order valence-electron chi connectivity index (χ0n) is 14.3. The van der Waals surface area contributed by atoms with Crippen molar-refractivity contribution in [3.05, 3.63) is 70.2 Å². The first-order valence-corrected chi connectivity index (χ1v) is 7.81. The number of hydrogen-bond acceptors (Lipinski definition) is 3. The van der Waals surface area contributed by atoms with Gasteiger partial charge in [-0.2, -0.15) is 5.26 Å². The summed E-state index contributed by atoms with van der Waals surface area (Å²) < 4.78 is 7.78. The van der Waals surface area contributed by atoms with Gasteiger partial charge in [-0.05, 0) is 45.9 Å². The van der Waals surface area contributed by atoms with Crippen molar-refractivity contribution in [3.63, 3.8) is 0 Å². The third-order valence-corrected chi connectivity index (χ3v) is 4.28. The predicted octanol–water partition coefficient (Wildman–Crippen LogP) is 4.93. The molecule has 0 N–H and O–H groups in total. The highest BCUT2D eigenvalue weighted by molar-refractivity contribution is 5.84. The summed E-state index contributed by atoms with van der Waals surface area (Å²) in [4.78, 5) is 4.41. The summed E-state index contributed by atoms with van der Waals surface area (Å²) in [6.45, 7) is 7.85. The number of aryl methyl sites for hydroxylation is 2. The summed E-state index contributed by atoms with van der Waals surface area (Å²) >= 11 is 0. The molecule has 0 aliphatic rings. The van der Waals surface area contributed by atoms with E-state index in [-0.39, 0.29) is 0 Å². The highest BCUT2D eigenvalue weighted by atomic mass is 16.4. The van der Waals surface area contributed by atoms with Crippen LogP contribution in [0.2, 0.25) is 0 Å². The summed E-state index contributed by atoms with van der Waals surface area (Å²) in [5.41, 5.74) is 5.70. The molecule has 0 unspecified atom stereocenters. The molecule has 24 heavy (non-hydrogen) atoms. The Morgan fingerprint density at radius 3 is 2.50 bits per heavy atom. The minimum Gasteiger partial charge on any atom is -0.442 e. The van der Waals surface area contributed by atoms with Crippen LogP contribution in [0.1, 0.15) is 33.8 Å². The number of hydrogen-bond donors (Lipinski definition) is 0. The smallest absolute Gasteiger partial charge is 0.237 e. The second-order valence-electron chi connectivity index (χ2n) is 5.83. The molecule has 0 aliphatic heterocycles. The SMILES string of the molecule is Cc1oc(N=Cc2cc(C)n(-c3ccccc3)c2C)c(C#N)c1C. The fourth-order valence-electron chi connectivity index (χ4n) is 2.85. The quantitative estimate of drug-likeness (QED) is 0.643. The second kappa shape index (κ2) is 6.21. The normalized spacial score (nSPS) is 11.1. The van der Waals surface area contributed by atoms with Gasteiger partial charge in [0, 0.05) is 34.4 Å². The van der Waals surface area contributed by atoms with Gasteiger partial charge in [0.25, 0.3) is 0 Å². The lowest BCUT2D eigenvalue weighted by molar-refractivity contribution is 0.542. The maximum atomic E-state index is 9.27. The lowest BCUT2D eigenvalue weighted by Gasteiger charge is -2.08. The Bertz CT molecular complexity index is 953. The van der Waals surface area contributed by atoms with E-state index in [0.29, 0.717) is 11.4 Å². The zero-order valence-corrected chi connectivity index (χ0v) is 14.3. The van der Waals surface area contributed by atoms with E-state index in [1.165, 1.54) is 0 Å². The van der Waals surface area contributed by atoms with E-state index in [4.69, 9.17) is 4.42 Å². The molecule has 0 atom stereocenters. The van der Waals surface area contributed by atoms with Crippen molar-refractivity contribution in [3.8, 4) is 11.8 Å². The van der Waals surface area contributed by atoms with Crippen LogP contribution in [0.4, 0.5) is 5.88 Å². The molecule has 0 radical (unpaired) electrons. The van der Waals surface area contributed by atoms with E-state index in [1.807, 2.05) is 32.0 Å². The van der Waals surface area contributed by atoms with Crippen LogP contribution in [0.5, 0.6) is 0 Å². The van der Waals surface area contributed by atoms with Gasteiger partial charge in [-0.3, -0.25) is 0 Å². The van der Waals surface area contributed by atoms with Crippen molar-refractivity contribution in [1.82, 2.24) is 4.57 Å². The van der Waals surface area contributed by atoms with Crippen molar-refractivity contribution in [2.75, 3.05) is 0 Å². The van der Waals surface area contributed by atoms with Crippen LogP contribution in [0.25, 0.3) is 5.69 Å². The zero-order chi connectivity index (χ0) is 17.3. The van der Waals surface area contributed by atoms with E-state index in [0.717, 1.165) is 34.0 Å². The van der Waals surface area contributed by atoms with Crippen molar-refractivity contribution < 1.29 is 4.42 Å². The number of benzene rings is 1. The Labute approximate surface area is 141 Å². The standard InChI is InChI=1S/C20H19N3O/c1-13-10-17(15(3)23(13)18-8-6-5-7-9-18)12-22-20-19(11-21)14(2)16(4)24-20/h5-10,12H,1-4H3. The number of furan rings is 1. The third-order valence-electron chi connectivity index (χ3n) is 4.28. The van der Waals surface area contributed by atoms with Crippen molar-refractivity contribution >= 4 is 12.1 Å². The number of para-hydroxylation sites is 1. The topological polar surface area (TPSA) is 54.2 Å². The summed E-state index contributed by atoms with van der Waals surface area (Å²) in [6.07, 6.45) is 1.76. The maximum absolute atomic E-state index is 9.27. The molecule has 2 aromatic heterocycles. The van der Waals surface area contributed by atoms with Gasteiger partial charge >= 0.3 is 0 Å². The number of rotatable bonds is 3. The van der Waals surface area contributed by atoms with Gasteiger partial charge in [0.2, 0.25) is 5.88 Å². The van der Waals surface area contributed by atoms with Crippen LogP contribution in [-0.2, 0) is 0 Å². The number of nitriles is 1. The molecule has 3 rings (SSSR count). The van der Waals surface area contributed by atoms with Gasteiger partial charge in [0.1, 0.15) is 17.4 Å². The molecule has 0 bridgehead atoms. The lowest BCUT2D eigenvalue weighted by Crippen LogP contribution is -1.98. The van der Waals surface area contributed by atoms with Crippen LogP contribution in [0, 0.1) is 39.0 Å². The first-order valence-electron chi connectivity index (χ1n) is 7.81. The Morgan fingerprint density at radius 1 is 1.12 bits per heavy atom. The average molecular weight is 317 g/mol. The van der Waals surface area contributed by atoms with Crippen molar-refractivity contribution in [1.29, 1.82) is 5.26 Å². The first-order chi connectivity index (χ1) is 11.5. The molecule has 0 aliphatic carbocycles. The molecule has 4 nitrogen and oxygen atoms in total. The number of nitrogens with zero attached hydrogens (tertiary/aromatic N) is 3. The third kappa shape index (κ3) is 2.65. The molecule has 1 aromatic carbocycles. The molecule has 0 amide bonds. The van der Waals surface area contributed by atoms with Gasteiger partial charge in [-0.15, -0.1) is 0 Å². The summed E-state index contributed by atoms with van der Waals surface area (Å²) in [5.74, 6) is 1.10. The molecule has 3 aromatic rings. The lowest BCUT2D eigenvalue weighted by atomic mass is 10.2. The minimum atomic E-state index is 0.372. The Morgan fingerprint density at radius 2 is 1.83 bits per heavy atom. The molecule has 0 fully saturated rings. The van der Waals surface area contributed by atoms with Gasteiger partial charge in [-0.25, -0.2) is 4.99 Å². The largest absolute Gasteiger partial charge is 0.442 e. The molecular weight excluding hydrogens is 298 g/mol. The van der Waals surface area contributed by atoms with E-state index < -0.39 is 0 Å². The molecule has 120 valence electrons. The van der Waals surface area contributed by atoms with E-state index in [2.05, 4.69) is 47.7 Å². The Hall–Kier alpha value is -3.06. The van der Waals surface area contributed by atoms with Crippen LogP contribution in [-0.4, -0.2) is 10.8 Å². The Kier molecular flexibility index (Phi) is 4.09. The minimum absolute atomic E-state index is 0.372. The van der Waals surface area contributed by atoms with Gasteiger partial charge in [0.05, 0.1) is 0 Å². The summed E-state index contributed by atoms with van der Waals surface area (Å²) in [5, 5.41) is 9.27. The summed E-state index contributed by atoms with van der Waals surface area (Å²) in [7, 11) is 0. The van der Waals surface area contributed by atoms with Gasteiger partial charge in [-0.1, -0.05) is 18.2 Å². The maximum Gasteiger partial charge on any atom is 0.237 e. The molecule has 0 saturated carbocycles. The van der Waals surface area contributed by atoms with Gasteiger partial charge < -0.3 is 8.98 Å². The van der Waals surface area contributed by atoms with Crippen molar-refractivity contribution in [2.24, 2.45) is 4.99 Å². The molecule has 0 spiro atoms. The fourth-order valence-corrected chi connectivity index (χ4v) is 2.85. The first kappa shape index (κ1) is 15.8. The molecule has 4 heteroatoms. The number of aromatic nitrogens is 1. The molecule has 2 heterocycles. The van der Waals surface area contributed by atoms with Crippen LogP contribution in [0.3, 0.4) is 0 Å². The number of aliphatic imine (C=N–C) groups is 1. The van der Waals surface area contributed by atoms with Crippen LogP contribution in [0.15, 0.2) is 45.8 Å². The summed E-state index contributed by atoms with van der Waals surface area (Å²) in [6, 6.07) is 14.5. The fraction of sp³-hybridized carbons (Fsp3) is 0.200. The highest BCUT2D eigenvalue weighted by Crippen LogP contribution is 2.28. The monoisotopic (exact) mass is 317 g/mol. The van der Waals surface area contributed by atoms with Crippen LogP contribution < -0.4 is 0 Å². The van der Waals surface area contributed by atoms with Gasteiger partial charge in [0.15, 0.2) is 0 Å². The van der Waals surface area contributed by atoms with E-state index in [1.54, 1.807) is 6.21 Å². The predicted molar refractivity (Wildman–Crippen MR) is 95.4 cm³/mol. The molecular formula is C20H19N3O. The average Bonchev–Trinajstić information content (AvgIpc) is 3.02. The highest BCUT2D eigenvalue weighted by Gasteiger charge is 2.14. The molecule has 0 saturated heterocycles. The van der Waals surface area contributed by atoms with Crippen molar-refractivity contribution in [2.45, 2.75) is 27.7 Å². The van der Waals surface area contributed by atoms with Crippen LogP contribution >= 0.6 is 0 Å². The van der Waals surface area contributed by atoms with E-state index in [9.17, 15) is 5.26 Å². The second-order valence-corrected chi connectivity index (χ2v) is 5.83. The van der Waals surface area contributed by atoms with E-state index >= 15 is 0 Å². The Balaban J connectivity index is 2.01.